The van der Waals surface area contributed by atoms with Crippen molar-refractivity contribution in [2.45, 2.75) is 92.9 Å². The molecule has 0 N–H and O–H groups in total. The van der Waals surface area contributed by atoms with Gasteiger partial charge in [0.05, 0.1) is 0 Å². The minimum Gasteiger partial charge on any atom is -0.0842 e. The van der Waals surface area contributed by atoms with Crippen LogP contribution in [0.3, 0.4) is 0 Å². The van der Waals surface area contributed by atoms with Crippen LogP contribution in [0.5, 0.6) is 0 Å². The normalized spacial score (nSPS) is 16.6. The maximum Gasteiger partial charge on any atom is -0.000395 e. The van der Waals surface area contributed by atoms with E-state index >= 15 is 0 Å². The van der Waals surface area contributed by atoms with Gasteiger partial charge in [-0.1, -0.05) is 225 Å². The predicted molar refractivity (Wildman–Crippen MR) is 302 cm³/mol. The number of allylic oxidation sites excluding steroid dienone is 23. The van der Waals surface area contributed by atoms with Crippen molar-refractivity contribution in [1.82, 2.24) is 0 Å². The Bertz CT molecular complexity index is 3010. The third-order valence-corrected chi connectivity index (χ3v) is 14.1. The molecule has 0 amide bonds. The smallest absolute Gasteiger partial charge is 0.000395 e. The van der Waals surface area contributed by atoms with E-state index in [0.717, 1.165) is 51.4 Å². The summed E-state index contributed by atoms with van der Waals surface area (Å²) in [6.07, 6.45) is 41.5. The summed E-state index contributed by atoms with van der Waals surface area (Å²) in [5.74, 6) is 0.180. The van der Waals surface area contributed by atoms with Gasteiger partial charge in [-0.2, -0.15) is 0 Å². The van der Waals surface area contributed by atoms with Gasteiger partial charge in [-0.25, -0.2) is 0 Å². The highest BCUT2D eigenvalue weighted by Gasteiger charge is 2.19. The first-order valence-electron chi connectivity index (χ1n) is 25.4. The molecule has 5 aromatic rings. The van der Waals surface area contributed by atoms with Crippen molar-refractivity contribution in [3.05, 3.63) is 290 Å². The Morgan fingerprint density at radius 2 is 1.36 bits per heavy atom. The zero-order chi connectivity index (χ0) is 48.0. The van der Waals surface area contributed by atoms with Gasteiger partial charge in [-0.15, -0.1) is 0 Å². The van der Waals surface area contributed by atoms with Gasteiger partial charge in [0.2, 0.25) is 0 Å². The summed E-state index contributed by atoms with van der Waals surface area (Å²) in [6.45, 7) is 13.7. The highest BCUT2D eigenvalue weighted by atomic mass is 14.2. The molecule has 3 aliphatic rings. The van der Waals surface area contributed by atoms with Gasteiger partial charge < -0.3 is 0 Å². The first-order chi connectivity index (χ1) is 33.7. The molecule has 1 unspecified atom stereocenters. The number of hydrogen-bond acceptors (Lipinski definition) is 0. The van der Waals surface area contributed by atoms with E-state index in [4.69, 9.17) is 0 Å². The van der Waals surface area contributed by atoms with E-state index in [1.165, 1.54) is 100 Å². The molecule has 0 nitrogen and oxygen atoms in total. The fourth-order valence-corrected chi connectivity index (χ4v) is 9.98. The first kappa shape index (κ1) is 48.4. The van der Waals surface area contributed by atoms with E-state index in [-0.39, 0.29) is 5.92 Å². The second kappa shape index (κ2) is 23.8. The Kier molecular flexibility index (Phi) is 16.7. The van der Waals surface area contributed by atoms with Crippen molar-refractivity contribution in [3.63, 3.8) is 0 Å². The number of benzene rings is 5. The van der Waals surface area contributed by atoms with Gasteiger partial charge in [0, 0.05) is 0 Å². The summed E-state index contributed by atoms with van der Waals surface area (Å²) in [6, 6.07) is 46.7. The van der Waals surface area contributed by atoms with Gasteiger partial charge in [0.25, 0.3) is 0 Å². The Morgan fingerprint density at radius 1 is 0.652 bits per heavy atom. The van der Waals surface area contributed by atoms with Crippen molar-refractivity contribution in [2.75, 3.05) is 0 Å². The Hall–Kier alpha value is -7.02. The maximum absolute atomic E-state index is 2.56. The topological polar surface area (TPSA) is 0 Å². The second-order valence-corrected chi connectivity index (χ2v) is 19.1. The quantitative estimate of drug-likeness (QED) is 0.0866. The average molecular weight is 899 g/mol. The summed E-state index contributed by atoms with van der Waals surface area (Å²) in [5, 5.41) is 0. The molecule has 69 heavy (non-hydrogen) atoms. The number of aryl methyl sites for hydroxylation is 2. The van der Waals surface area contributed by atoms with E-state index in [1.54, 1.807) is 5.57 Å². The van der Waals surface area contributed by atoms with E-state index < -0.39 is 0 Å². The molecule has 0 aromatic heterocycles. The molecular weight excluding hydrogens is 829 g/mol. The van der Waals surface area contributed by atoms with E-state index in [9.17, 15) is 0 Å². The maximum atomic E-state index is 2.56. The average Bonchev–Trinajstić information content (AvgIpc) is 3.58. The fraction of sp³-hybridized carbons (Fsp3) is 0.217. The molecule has 0 bridgehead atoms. The molecule has 0 spiro atoms. The highest BCUT2D eigenvalue weighted by Crippen LogP contribution is 2.38. The number of hydrogen-bond donors (Lipinski definition) is 0. The Labute approximate surface area is 415 Å². The van der Waals surface area contributed by atoms with Crippen LogP contribution < -0.4 is 0 Å². The third-order valence-electron chi connectivity index (χ3n) is 14.1. The largest absolute Gasteiger partial charge is 0.0842 e. The van der Waals surface area contributed by atoms with Crippen molar-refractivity contribution in [3.8, 4) is 0 Å². The van der Waals surface area contributed by atoms with Gasteiger partial charge in [0.15, 0.2) is 0 Å². The fourth-order valence-electron chi connectivity index (χ4n) is 9.98. The minimum atomic E-state index is 0.180. The first-order valence-corrected chi connectivity index (χ1v) is 25.4. The lowest BCUT2D eigenvalue weighted by Gasteiger charge is -2.19. The van der Waals surface area contributed by atoms with E-state index in [2.05, 4.69) is 254 Å². The summed E-state index contributed by atoms with van der Waals surface area (Å²) < 4.78 is 0. The van der Waals surface area contributed by atoms with Crippen molar-refractivity contribution >= 4 is 27.9 Å². The summed E-state index contributed by atoms with van der Waals surface area (Å²) in [4.78, 5) is 0. The van der Waals surface area contributed by atoms with E-state index in [0.29, 0.717) is 0 Å². The number of rotatable bonds is 16. The van der Waals surface area contributed by atoms with Crippen molar-refractivity contribution in [1.29, 1.82) is 0 Å². The van der Waals surface area contributed by atoms with Gasteiger partial charge in [0.1, 0.15) is 0 Å². The van der Waals surface area contributed by atoms with Gasteiger partial charge in [-0.3, -0.25) is 0 Å². The second-order valence-electron chi connectivity index (χ2n) is 19.1. The third kappa shape index (κ3) is 12.8. The predicted octanol–water partition coefficient (Wildman–Crippen LogP) is 19.1. The van der Waals surface area contributed by atoms with Crippen LogP contribution in [0.2, 0.25) is 0 Å². The van der Waals surface area contributed by atoms with Crippen LogP contribution in [0.1, 0.15) is 123 Å². The molecule has 0 saturated carbocycles. The molecule has 5 aromatic carbocycles. The Balaban J connectivity index is 1.27. The molecule has 0 heterocycles. The minimum absolute atomic E-state index is 0.180. The van der Waals surface area contributed by atoms with Crippen molar-refractivity contribution < 1.29 is 0 Å². The lowest BCUT2D eigenvalue weighted by molar-refractivity contribution is 0.874. The van der Waals surface area contributed by atoms with Crippen LogP contribution in [0.4, 0.5) is 0 Å². The lowest BCUT2D eigenvalue weighted by Crippen LogP contribution is -2.01. The Morgan fingerprint density at radius 3 is 2.14 bits per heavy atom. The van der Waals surface area contributed by atoms with Crippen LogP contribution in [-0.4, -0.2) is 0 Å². The molecule has 0 heteroatoms. The molecule has 3 aliphatic carbocycles. The zero-order valence-corrected chi connectivity index (χ0v) is 41.9. The molecule has 1 atom stereocenters. The summed E-state index contributed by atoms with van der Waals surface area (Å²) in [5.41, 5.74) is 24.9. The lowest BCUT2D eigenvalue weighted by atomic mass is 9.85. The monoisotopic (exact) mass is 899 g/mol. The van der Waals surface area contributed by atoms with Crippen LogP contribution in [0, 0.1) is 19.8 Å². The molecule has 0 saturated heterocycles. The SMILES string of the molecule is CCC1=CC(C(C)/C=C(/c2cccc(C(/C=C(\C)c3ccccc3)=C/CC3=CC=CCC3)c2)c2cc(C(=C/C=CCc3ccccc3)/C=C(\C)c3ccccc3C)ccc2C)=CCC2=C1C=CCC2. The molecule has 8 rings (SSSR count). The molecule has 0 aliphatic heterocycles. The standard InChI is InChI=1S/C69H70/c1-7-57-47-60(43-42-59-32-20-22-37-67(57)59)53(5)46-69(65-35-23-34-62(48-65)63(41-39-56-27-13-9-14-28-56)44-52(4)58-30-15-10-16-31-58)68-49-64(40-38-51(68)3)61(33-19-18-29-55-25-11-8-12-26-55)45-54(6)66-36-21-17-24-50(66)2/h8-13,15-19,21-27,30-31,33-38,40-41,43-49,53H,7,14,20,28-29,32,39,42H2,1-6H3/b19-18?,52-44+,54-45+,61-33+,63-41+,69-46-. The van der Waals surface area contributed by atoms with Crippen molar-refractivity contribution in [2.24, 2.45) is 5.92 Å². The summed E-state index contributed by atoms with van der Waals surface area (Å²) >= 11 is 0. The molecule has 0 radical (unpaired) electrons. The van der Waals surface area contributed by atoms with Crippen LogP contribution in [-0.2, 0) is 6.42 Å². The molecule has 346 valence electrons. The molecule has 0 fully saturated rings. The van der Waals surface area contributed by atoms with Crippen LogP contribution >= 0.6 is 0 Å². The zero-order valence-electron chi connectivity index (χ0n) is 41.9. The van der Waals surface area contributed by atoms with E-state index in [1.807, 2.05) is 0 Å². The van der Waals surface area contributed by atoms with Gasteiger partial charge >= 0.3 is 0 Å². The van der Waals surface area contributed by atoms with Crippen LogP contribution in [0.15, 0.2) is 240 Å². The molecular formula is C69H70. The van der Waals surface area contributed by atoms with Crippen LogP contribution in [0.25, 0.3) is 27.9 Å². The highest BCUT2D eigenvalue weighted by molar-refractivity contribution is 5.90. The van der Waals surface area contributed by atoms with Gasteiger partial charge in [-0.05, 0) is 192 Å². The summed E-state index contributed by atoms with van der Waals surface area (Å²) in [7, 11) is 0.